The van der Waals surface area contributed by atoms with Gasteiger partial charge >= 0.3 is 0 Å². The van der Waals surface area contributed by atoms with E-state index in [4.69, 9.17) is 0 Å². The number of benzene rings is 1. The molecule has 1 aromatic heterocycles. The van der Waals surface area contributed by atoms with Gasteiger partial charge in [-0.05, 0) is 6.92 Å². The molecule has 2 aromatic rings. The summed E-state index contributed by atoms with van der Waals surface area (Å²) in [5.41, 5.74) is 2.37. The van der Waals surface area contributed by atoms with Gasteiger partial charge in [0.05, 0.1) is 0 Å². The fraction of sp³-hybridized carbons (Fsp3) is 0.385. The molecule has 4 heteroatoms. The van der Waals surface area contributed by atoms with Crippen molar-refractivity contribution in [1.82, 2.24) is 14.8 Å². The third-order valence-electron chi connectivity index (χ3n) is 2.49. The highest BCUT2D eigenvalue weighted by Crippen LogP contribution is 2.25. The number of hydrogen-bond acceptors (Lipinski definition) is 3. The zero-order chi connectivity index (χ0) is 12.4. The molecule has 0 radical (unpaired) electrons. The van der Waals surface area contributed by atoms with E-state index in [2.05, 4.69) is 59.8 Å². The van der Waals surface area contributed by atoms with Gasteiger partial charge in [0.15, 0.2) is 11.0 Å². The molecule has 0 fully saturated rings. The summed E-state index contributed by atoms with van der Waals surface area (Å²) in [5, 5.41) is 9.98. The van der Waals surface area contributed by atoms with Gasteiger partial charge in [-0.1, -0.05) is 55.4 Å². The SMILES string of the molecule is Cc1ccc(-c2nnc(SC(C)C)n2C)cc1. The first-order valence-corrected chi connectivity index (χ1v) is 6.59. The highest BCUT2D eigenvalue weighted by molar-refractivity contribution is 7.99. The van der Waals surface area contributed by atoms with E-state index >= 15 is 0 Å². The van der Waals surface area contributed by atoms with E-state index in [-0.39, 0.29) is 0 Å². The van der Waals surface area contributed by atoms with Gasteiger partial charge in [0.2, 0.25) is 0 Å². The van der Waals surface area contributed by atoms with Crippen molar-refractivity contribution in [2.24, 2.45) is 7.05 Å². The quantitative estimate of drug-likeness (QED) is 0.780. The summed E-state index contributed by atoms with van der Waals surface area (Å²) < 4.78 is 2.05. The Morgan fingerprint density at radius 3 is 2.35 bits per heavy atom. The van der Waals surface area contributed by atoms with Gasteiger partial charge < -0.3 is 4.57 Å². The standard InChI is InChI=1S/C13H17N3S/c1-9(2)17-13-15-14-12(16(13)4)11-7-5-10(3)6-8-11/h5-9H,1-4H3. The molecule has 0 spiro atoms. The second kappa shape index (κ2) is 4.92. The van der Waals surface area contributed by atoms with Crippen molar-refractivity contribution < 1.29 is 0 Å². The van der Waals surface area contributed by atoms with Crippen LogP contribution in [-0.2, 0) is 7.05 Å². The van der Waals surface area contributed by atoms with Crippen LogP contribution in [0.3, 0.4) is 0 Å². The lowest BCUT2D eigenvalue weighted by atomic mass is 10.1. The van der Waals surface area contributed by atoms with E-state index < -0.39 is 0 Å². The summed E-state index contributed by atoms with van der Waals surface area (Å²) in [5.74, 6) is 0.924. The van der Waals surface area contributed by atoms with Crippen LogP contribution in [0, 0.1) is 6.92 Å². The second-order valence-corrected chi connectivity index (χ2v) is 5.94. The summed E-state index contributed by atoms with van der Waals surface area (Å²) in [6.45, 7) is 6.40. The van der Waals surface area contributed by atoms with Gasteiger partial charge in [0.25, 0.3) is 0 Å². The van der Waals surface area contributed by atoms with E-state index in [0.717, 1.165) is 16.5 Å². The summed E-state index contributed by atoms with van der Waals surface area (Å²) in [4.78, 5) is 0. The van der Waals surface area contributed by atoms with Crippen molar-refractivity contribution >= 4 is 11.8 Å². The minimum Gasteiger partial charge on any atom is -0.305 e. The Balaban J connectivity index is 2.33. The van der Waals surface area contributed by atoms with Crippen LogP contribution in [0.25, 0.3) is 11.4 Å². The van der Waals surface area contributed by atoms with Crippen LogP contribution < -0.4 is 0 Å². The maximum atomic E-state index is 4.26. The zero-order valence-corrected chi connectivity index (χ0v) is 11.5. The molecule has 0 N–H and O–H groups in total. The summed E-state index contributed by atoms with van der Waals surface area (Å²) in [7, 11) is 2.01. The molecule has 0 aliphatic heterocycles. The molecule has 1 aromatic carbocycles. The minimum atomic E-state index is 0.517. The van der Waals surface area contributed by atoms with Crippen LogP contribution in [0.1, 0.15) is 19.4 Å². The Morgan fingerprint density at radius 2 is 1.76 bits per heavy atom. The third kappa shape index (κ3) is 2.69. The van der Waals surface area contributed by atoms with E-state index in [9.17, 15) is 0 Å². The molecule has 0 saturated heterocycles. The smallest absolute Gasteiger partial charge is 0.191 e. The number of rotatable bonds is 3. The van der Waals surface area contributed by atoms with Gasteiger partial charge in [0, 0.05) is 17.9 Å². The van der Waals surface area contributed by atoms with Gasteiger partial charge in [0.1, 0.15) is 0 Å². The molecule has 0 saturated carbocycles. The Labute approximate surface area is 106 Å². The largest absolute Gasteiger partial charge is 0.305 e. The van der Waals surface area contributed by atoms with Crippen LogP contribution in [0.2, 0.25) is 0 Å². The molecule has 0 bridgehead atoms. The maximum Gasteiger partial charge on any atom is 0.191 e. The Bertz CT molecular complexity index is 500. The fourth-order valence-corrected chi connectivity index (χ4v) is 2.34. The predicted molar refractivity (Wildman–Crippen MR) is 72.2 cm³/mol. The molecule has 0 amide bonds. The highest BCUT2D eigenvalue weighted by Gasteiger charge is 2.11. The molecule has 0 unspecified atom stereocenters. The van der Waals surface area contributed by atoms with Gasteiger partial charge in [-0.2, -0.15) is 0 Å². The van der Waals surface area contributed by atoms with E-state index in [1.165, 1.54) is 5.56 Å². The molecule has 1 heterocycles. The van der Waals surface area contributed by atoms with E-state index in [0.29, 0.717) is 5.25 Å². The molecule has 3 nitrogen and oxygen atoms in total. The van der Waals surface area contributed by atoms with Gasteiger partial charge in [-0.25, -0.2) is 0 Å². The number of aromatic nitrogens is 3. The Morgan fingerprint density at radius 1 is 1.12 bits per heavy atom. The Kier molecular flexibility index (Phi) is 3.52. The Hall–Kier alpha value is -1.29. The first-order valence-electron chi connectivity index (χ1n) is 5.71. The molecular formula is C13H17N3S. The minimum absolute atomic E-state index is 0.517. The fourth-order valence-electron chi connectivity index (χ4n) is 1.58. The summed E-state index contributed by atoms with van der Waals surface area (Å²) in [6.07, 6.45) is 0. The topological polar surface area (TPSA) is 30.7 Å². The van der Waals surface area contributed by atoms with Crippen LogP contribution in [0.5, 0.6) is 0 Å². The lowest BCUT2D eigenvalue weighted by Gasteiger charge is -2.05. The normalized spacial score (nSPS) is 11.1. The van der Waals surface area contributed by atoms with Crippen molar-refractivity contribution in [3.63, 3.8) is 0 Å². The lowest BCUT2D eigenvalue weighted by Crippen LogP contribution is -1.97. The van der Waals surface area contributed by atoms with E-state index in [1.807, 2.05) is 7.05 Å². The average Bonchev–Trinajstić information content (AvgIpc) is 2.61. The number of thioether (sulfide) groups is 1. The van der Waals surface area contributed by atoms with Crippen LogP contribution in [-0.4, -0.2) is 20.0 Å². The monoisotopic (exact) mass is 247 g/mol. The molecule has 17 heavy (non-hydrogen) atoms. The predicted octanol–water partition coefficient (Wildman–Crippen LogP) is 3.29. The molecule has 0 aliphatic carbocycles. The average molecular weight is 247 g/mol. The van der Waals surface area contributed by atoms with Crippen molar-refractivity contribution in [3.05, 3.63) is 29.8 Å². The number of hydrogen-bond donors (Lipinski definition) is 0. The molecular weight excluding hydrogens is 230 g/mol. The molecule has 90 valence electrons. The van der Waals surface area contributed by atoms with Gasteiger partial charge in [-0.3, -0.25) is 0 Å². The van der Waals surface area contributed by atoms with Crippen LogP contribution in [0.15, 0.2) is 29.4 Å². The maximum absolute atomic E-state index is 4.26. The van der Waals surface area contributed by atoms with Crippen molar-refractivity contribution in [1.29, 1.82) is 0 Å². The first kappa shape index (κ1) is 12.2. The van der Waals surface area contributed by atoms with Crippen molar-refractivity contribution in [3.8, 4) is 11.4 Å². The lowest BCUT2D eigenvalue weighted by molar-refractivity contribution is 0.790. The van der Waals surface area contributed by atoms with Crippen LogP contribution in [0.4, 0.5) is 0 Å². The van der Waals surface area contributed by atoms with Crippen LogP contribution >= 0.6 is 11.8 Å². The zero-order valence-electron chi connectivity index (χ0n) is 10.6. The van der Waals surface area contributed by atoms with Crippen molar-refractivity contribution in [2.45, 2.75) is 31.2 Å². The highest BCUT2D eigenvalue weighted by atomic mass is 32.2. The summed E-state index contributed by atoms with van der Waals surface area (Å²) in [6, 6.07) is 8.37. The van der Waals surface area contributed by atoms with E-state index in [1.54, 1.807) is 11.8 Å². The second-order valence-electron chi connectivity index (χ2n) is 4.40. The number of nitrogens with zero attached hydrogens (tertiary/aromatic N) is 3. The summed E-state index contributed by atoms with van der Waals surface area (Å²) >= 11 is 1.73. The van der Waals surface area contributed by atoms with Gasteiger partial charge in [-0.15, -0.1) is 10.2 Å². The first-order chi connectivity index (χ1) is 8.08. The molecule has 0 aliphatic rings. The molecule has 2 rings (SSSR count). The number of aryl methyl sites for hydroxylation is 1. The van der Waals surface area contributed by atoms with Crippen molar-refractivity contribution in [2.75, 3.05) is 0 Å². The third-order valence-corrected chi connectivity index (χ3v) is 3.52. The molecule has 0 atom stereocenters.